The zero-order chi connectivity index (χ0) is 24.4. The molecule has 0 N–H and O–H groups in total. The fourth-order valence-corrected chi connectivity index (χ4v) is 5.37. The SMILES string of the molecule is COCCOC(=O)C1=C(C)N=c2s/c(=C\c3ccc(Cl)cc3Cl)c(=O)n2[C@@H]1c1ccccc1Cl. The number of allylic oxidation sites excluding steroid dienone is 1. The molecular formula is C24H19Cl3N2O4S. The molecule has 0 saturated heterocycles. The van der Waals surface area contributed by atoms with Crippen molar-refractivity contribution >= 4 is 58.2 Å². The van der Waals surface area contributed by atoms with Crippen molar-refractivity contribution in [1.82, 2.24) is 4.57 Å². The molecule has 1 atom stereocenters. The van der Waals surface area contributed by atoms with Gasteiger partial charge in [-0.15, -0.1) is 0 Å². The number of hydrogen-bond acceptors (Lipinski definition) is 6. The Hall–Kier alpha value is -2.42. The number of carbonyl (C=O) groups is 1. The molecule has 3 aromatic rings. The minimum atomic E-state index is -0.803. The number of esters is 1. The normalized spacial score (nSPS) is 15.8. The molecular weight excluding hydrogens is 519 g/mol. The van der Waals surface area contributed by atoms with E-state index in [9.17, 15) is 9.59 Å². The summed E-state index contributed by atoms with van der Waals surface area (Å²) in [5, 5.41) is 1.33. The first-order chi connectivity index (χ1) is 16.3. The molecule has 6 nitrogen and oxygen atoms in total. The number of carbonyl (C=O) groups excluding carboxylic acids is 1. The van der Waals surface area contributed by atoms with E-state index in [1.54, 1.807) is 55.5 Å². The lowest BCUT2D eigenvalue weighted by molar-refractivity contribution is -0.140. The van der Waals surface area contributed by atoms with E-state index < -0.39 is 12.0 Å². The van der Waals surface area contributed by atoms with E-state index in [0.717, 1.165) is 0 Å². The number of aromatic nitrogens is 1. The van der Waals surface area contributed by atoms with E-state index in [4.69, 9.17) is 44.3 Å². The van der Waals surface area contributed by atoms with Crippen molar-refractivity contribution in [3.63, 3.8) is 0 Å². The monoisotopic (exact) mass is 536 g/mol. The van der Waals surface area contributed by atoms with Gasteiger partial charge in [0.2, 0.25) is 0 Å². The second-order valence-corrected chi connectivity index (χ2v) is 9.66. The molecule has 0 fully saturated rings. The smallest absolute Gasteiger partial charge is 0.338 e. The van der Waals surface area contributed by atoms with Crippen LogP contribution in [0.4, 0.5) is 0 Å². The second kappa shape index (κ2) is 10.5. The molecule has 1 aliphatic rings. The maximum absolute atomic E-state index is 13.6. The molecule has 0 unspecified atom stereocenters. The summed E-state index contributed by atoms with van der Waals surface area (Å²) in [7, 11) is 1.52. The third kappa shape index (κ3) is 4.85. The molecule has 0 saturated carbocycles. The van der Waals surface area contributed by atoms with Crippen LogP contribution in [0.1, 0.15) is 24.1 Å². The van der Waals surface area contributed by atoms with Crippen LogP contribution in [-0.4, -0.2) is 30.9 Å². The van der Waals surface area contributed by atoms with E-state index >= 15 is 0 Å². The molecule has 2 heterocycles. The summed E-state index contributed by atoms with van der Waals surface area (Å²) < 4.78 is 12.2. The quantitative estimate of drug-likeness (QED) is 0.346. The van der Waals surface area contributed by atoms with Crippen molar-refractivity contribution in [1.29, 1.82) is 0 Å². The molecule has 1 aliphatic heterocycles. The average Bonchev–Trinajstić information content (AvgIpc) is 3.10. The Morgan fingerprint density at radius 2 is 1.91 bits per heavy atom. The van der Waals surface area contributed by atoms with Gasteiger partial charge >= 0.3 is 5.97 Å². The Morgan fingerprint density at radius 1 is 1.15 bits per heavy atom. The maximum Gasteiger partial charge on any atom is 0.338 e. The van der Waals surface area contributed by atoms with Crippen LogP contribution in [0.2, 0.25) is 15.1 Å². The third-order valence-corrected chi connectivity index (χ3v) is 7.10. The zero-order valence-electron chi connectivity index (χ0n) is 18.2. The summed E-state index contributed by atoms with van der Waals surface area (Å²) in [6.45, 7) is 2.03. The topological polar surface area (TPSA) is 69.9 Å². The second-order valence-electron chi connectivity index (χ2n) is 7.40. The molecule has 4 rings (SSSR count). The van der Waals surface area contributed by atoms with Crippen LogP contribution < -0.4 is 14.9 Å². The van der Waals surface area contributed by atoms with E-state index in [2.05, 4.69) is 4.99 Å². The maximum atomic E-state index is 13.6. The summed E-state index contributed by atoms with van der Waals surface area (Å²) in [5.41, 5.74) is 1.60. The van der Waals surface area contributed by atoms with Gasteiger partial charge in [0.1, 0.15) is 12.6 Å². The van der Waals surface area contributed by atoms with Crippen molar-refractivity contribution in [3.8, 4) is 0 Å². The Labute approximate surface area is 214 Å². The largest absolute Gasteiger partial charge is 0.460 e. The molecule has 176 valence electrons. The van der Waals surface area contributed by atoms with Gasteiger partial charge in [0, 0.05) is 22.2 Å². The van der Waals surface area contributed by atoms with Gasteiger partial charge < -0.3 is 9.47 Å². The number of methoxy groups -OCH3 is 1. The van der Waals surface area contributed by atoms with Crippen LogP contribution in [0, 0.1) is 0 Å². The van der Waals surface area contributed by atoms with Crippen LogP contribution in [0.25, 0.3) is 6.08 Å². The molecule has 0 radical (unpaired) electrons. The van der Waals surface area contributed by atoms with Crippen molar-refractivity contribution in [2.45, 2.75) is 13.0 Å². The number of thiazole rings is 1. The number of benzene rings is 2. The molecule has 0 aliphatic carbocycles. The first-order valence-corrected chi connectivity index (χ1v) is 12.1. The van der Waals surface area contributed by atoms with Gasteiger partial charge in [-0.05, 0) is 42.3 Å². The van der Waals surface area contributed by atoms with Crippen molar-refractivity contribution in [2.24, 2.45) is 4.99 Å². The lowest BCUT2D eigenvalue weighted by Crippen LogP contribution is -2.40. The lowest BCUT2D eigenvalue weighted by atomic mass is 9.96. The lowest BCUT2D eigenvalue weighted by Gasteiger charge is -2.25. The van der Waals surface area contributed by atoms with E-state index in [-0.39, 0.29) is 24.3 Å². The van der Waals surface area contributed by atoms with E-state index in [1.807, 2.05) is 0 Å². The average molecular weight is 538 g/mol. The van der Waals surface area contributed by atoms with Crippen LogP contribution >= 0.6 is 46.1 Å². The molecule has 1 aromatic heterocycles. The Kier molecular flexibility index (Phi) is 7.60. The highest BCUT2D eigenvalue weighted by Gasteiger charge is 2.34. The van der Waals surface area contributed by atoms with Crippen molar-refractivity contribution < 1.29 is 14.3 Å². The Morgan fingerprint density at radius 3 is 2.62 bits per heavy atom. The summed E-state index contributed by atoms with van der Waals surface area (Å²) in [5.74, 6) is -0.585. The summed E-state index contributed by atoms with van der Waals surface area (Å²) in [6, 6.07) is 11.3. The van der Waals surface area contributed by atoms with Crippen LogP contribution in [0.15, 0.2) is 63.5 Å². The Bertz CT molecular complexity index is 1480. The van der Waals surface area contributed by atoms with E-state index in [0.29, 0.717) is 41.2 Å². The molecule has 34 heavy (non-hydrogen) atoms. The van der Waals surface area contributed by atoms with Crippen molar-refractivity contribution in [3.05, 3.63) is 99.6 Å². The van der Waals surface area contributed by atoms with Crippen LogP contribution in [-0.2, 0) is 14.3 Å². The number of nitrogens with zero attached hydrogens (tertiary/aromatic N) is 2. The summed E-state index contributed by atoms with van der Waals surface area (Å²) in [6.07, 6.45) is 1.68. The minimum Gasteiger partial charge on any atom is -0.460 e. The number of rotatable bonds is 6. The summed E-state index contributed by atoms with van der Waals surface area (Å²) >= 11 is 20.0. The molecule has 10 heteroatoms. The molecule has 2 aromatic carbocycles. The molecule has 0 amide bonds. The van der Waals surface area contributed by atoms with Gasteiger partial charge in [0.25, 0.3) is 5.56 Å². The number of fused-ring (bicyclic) bond motifs is 1. The van der Waals surface area contributed by atoms with Gasteiger partial charge in [-0.1, -0.05) is 70.4 Å². The van der Waals surface area contributed by atoms with Crippen molar-refractivity contribution in [2.75, 3.05) is 20.3 Å². The standard InChI is InChI=1S/C24H19Cl3N2O4S/c1-13-20(23(31)33-10-9-32-2)21(16-5-3-4-6-17(16)26)29-22(30)19(34-24(29)28-13)11-14-7-8-15(25)12-18(14)27/h3-8,11-12,21H,9-10H2,1-2H3/b19-11-/t21-/m1/s1. The van der Waals surface area contributed by atoms with Crippen LogP contribution in [0.3, 0.4) is 0 Å². The highest BCUT2D eigenvalue weighted by molar-refractivity contribution is 7.07. The van der Waals surface area contributed by atoms with Gasteiger partial charge in [0.15, 0.2) is 4.80 Å². The zero-order valence-corrected chi connectivity index (χ0v) is 21.3. The number of halogens is 3. The van der Waals surface area contributed by atoms with Gasteiger partial charge in [0.05, 0.1) is 22.4 Å². The van der Waals surface area contributed by atoms with Gasteiger partial charge in [-0.25, -0.2) is 9.79 Å². The molecule has 0 bridgehead atoms. The summed E-state index contributed by atoms with van der Waals surface area (Å²) in [4.78, 5) is 31.7. The van der Waals surface area contributed by atoms with Gasteiger partial charge in [-0.2, -0.15) is 0 Å². The predicted molar refractivity (Wildman–Crippen MR) is 135 cm³/mol. The van der Waals surface area contributed by atoms with E-state index in [1.165, 1.54) is 23.0 Å². The highest BCUT2D eigenvalue weighted by Crippen LogP contribution is 2.34. The minimum absolute atomic E-state index is 0.0703. The number of hydrogen-bond donors (Lipinski definition) is 0. The van der Waals surface area contributed by atoms with Gasteiger partial charge in [-0.3, -0.25) is 9.36 Å². The Balaban J connectivity index is 1.92. The van der Waals surface area contributed by atoms with Crippen LogP contribution in [0.5, 0.6) is 0 Å². The fourth-order valence-electron chi connectivity index (χ4n) is 3.63. The number of ether oxygens (including phenoxy) is 2. The fraction of sp³-hybridized carbons (Fsp3) is 0.208. The highest BCUT2D eigenvalue weighted by atomic mass is 35.5. The molecule has 0 spiro atoms. The predicted octanol–water partition coefficient (Wildman–Crippen LogP) is 4.39. The third-order valence-electron chi connectivity index (χ3n) is 5.21. The first-order valence-electron chi connectivity index (χ1n) is 10.2. The first kappa shape index (κ1) is 24.7.